The van der Waals surface area contributed by atoms with Gasteiger partial charge >= 0.3 is 6.09 Å². The van der Waals surface area contributed by atoms with Gasteiger partial charge in [0.1, 0.15) is 11.4 Å². The van der Waals surface area contributed by atoms with Gasteiger partial charge in [0.15, 0.2) is 5.76 Å². The largest absolute Gasteiger partial charge is 0.453 e. The van der Waals surface area contributed by atoms with Crippen molar-refractivity contribution in [1.29, 1.82) is 0 Å². The first kappa shape index (κ1) is 18.0. The molecule has 0 bridgehead atoms. The van der Waals surface area contributed by atoms with E-state index in [-0.39, 0.29) is 5.92 Å². The minimum absolute atomic E-state index is 0.0892. The van der Waals surface area contributed by atoms with Crippen LogP contribution in [0.25, 0.3) is 11.3 Å². The monoisotopic (exact) mass is 375 g/mol. The average Bonchev–Trinajstić information content (AvgIpc) is 3.12. The lowest BCUT2D eigenvalue weighted by atomic mass is 9.90. The Labute approximate surface area is 163 Å². The van der Waals surface area contributed by atoms with Gasteiger partial charge in [-0.2, -0.15) is 0 Å². The summed E-state index contributed by atoms with van der Waals surface area (Å²) >= 11 is 0. The number of methoxy groups -OCH3 is 1. The van der Waals surface area contributed by atoms with Gasteiger partial charge in [-0.1, -0.05) is 61.6 Å². The van der Waals surface area contributed by atoms with Crippen molar-refractivity contribution in [2.45, 2.75) is 12.8 Å². The maximum Gasteiger partial charge on any atom is 0.407 e. The lowest BCUT2D eigenvalue weighted by Gasteiger charge is -2.16. The summed E-state index contributed by atoms with van der Waals surface area (Å²) in [7, 11) is 1.33. The molecule has 6 nitrogen and oxygen atoms in total. The third-order valence-electron chi connectivity index (χ3n) is 4.79. The third-order valence-corrected chi connectivity index (χ3v) is 4.79. The van der Waals surface area contributed by atoms with Crippen molar-refractivity contribution in [3.05, 3.63) is 78.1 Å². The molecule has 2 atom stereocenters. The van der Waals surface area contributed by atoms with Crippen LogP contribution in [0, 0.1) is 5.92 Å². The summed E-state index contributed by atoms with van der Waals surface area (Å²) in [5.41, 5.74) is 3.24. The molecular weight excluding hydrogens is 354 g/mol. The number of rotatable bonds is 5. The number of allylic oxidation sites excluding steroid dienone is 5. The first-order valence-electron chi connectivity index (χ1n) is 9.18. The Hall–Kier alpha value is -3.41. The van der Waals surface area contributed by atoms with Gasteiger partial charge in [-0.3, -0.25) is 0 Å². The van der Waals surface area contributed by atoms with Crippen LogP contribution in [0.5, 0.6) is 0 Å². The summed E-state index contributed by atoms with van der Waals surface area (Å²) in [4.78, 5) is 20.5. The zero-order chi connectivity index (χ0) is 19.5. The Morgan fingerprint density at radius 3 is 2.68 bits per heavy atom. The van der Waals surface area contributed by atoms with Crippen molar-refractivity contribution < 1.29 is 13.9 Å². The van der Waals surface area contributed by atoms with Crippen LogP contribution in [0.3, 0.4) is 0 Å². The third kappa shape index (κ3) is 3.53. The molecule has 6 heteroatoms. The van der Waals surface area contributed by atoms with Gasteiger partial charge in [-0.05, 0) is 12.0 Å². The van der Waals surface area contributed by atoms with Crippen molar-refractivity contribution in [2.24, 2.45) is 10.9 Å². The minimum atomic E-state index is -0.484. The maximum atomic E-state index is 11.2. The summed E-state index contributed by atoms with van der Waals surface area (Å²) in [6.45, 7) is 2.46. The Balaban J connectivity index is 1.62. The number of nitrogens with one attached hydrogen (secondary N) is 1. The van der Waals surface area contributed by atoms with E-state index in [0.717, 1.165) is 22.7 Å². The van der Waals surface area contributed by atoms with E-state index in [1.807, 2.05) is 48.6 Å². The molecule has 1 amide bonds. The molecular formula is C22H21N3O3. The van der Waals surface area contributed by atoms with E-state index in [1.54, 1.807) is 0 Å². The standard InChI is InChI=1S/C22H21N3O3/c1-14-8-6-7-11-17(14)21-25-19(15-9-4-3-5-10-15)20(28-21)18-12-16(24-18)13-23-22(26)27-2/h3-12,14,17H,13H2,1-2H3,(H,23,26). The molecule has 28 heavy (non-hydrogen) atoms. The van der Waals surface area contributed by atoms with Crippen molar-refractivity contribution >= 4 is 11.8 Å². The number of aromatic nitrogens is 1. The fourth-order valence-electron chi connectivity index (χ4n) is 3.22. The predicted molar refractivity (Wildman–Crippen MR) is 107 cm³/mol. The van der Waals surface area contributed by atoms with Gasteiger partial charge in [0.05, 0.1) is 25.3 Å². The lowest BCUT2D eigenvalue weighted by molar-refractivity contribution is 0.172. The van der Waals surface area contributed by atoms with E-state index >= 15 is 0 Å². The van der Waals surface area contributed by atoms with Crippen molar-refractivity contribution in [2.75, 3.05) is 13.7 Å². The van der Waals surface area contributed by atoms with E-state index in [2.05, 4.69) is 34.1 Å². The second-order valence-electron chi connectivity index (χ2n) is 6.73. The Bertz CT molecular complexity index is 999. The number of hydrogen-bond donors (Lipinski definition) is 1. The molecule has 0 spiro atoms. The highest BCUT2D eigenvalue weighted by Gasteiger charge is 2.28. The highest BCUT2D eigenvalue weighted by molar-refractivity contribution is 6.14. The molecule has 1 aromatic heterocycles. The number of carbonyl (C=O) groups excluding carboxylic acids is 1. The van der Waals surface area contributed by atoms with E-state index in [1.165, 1.54) is 7.11 Å². The van der Waals surface area contributed by atoms with Crippen molar-refractivity contribution in [3.63, 3.8) is 0 Å². The fraction of sp³-hybridized carbons (Fsp3) is 0.227. The van der Waals surface area contributed by atoms with E-state index in [4.69, 9.17) is 9.40 Å². The molecule has 4 rings (SSSR count). The summed E-state index contributed by atoms with van der Waals surface area (Å²) in [5, 5.41) is 2.62. The van der Waals surface area contributed by atoms with Gasteiger partial charge in [0, 0.05) is 5.56 Å². The first-order chi connectivity index (χ1) is 13.7. The van der Waals surface area contributed by atoms with Crippen LogP contribution < -0.4 is 5.32 Å². The number of benzene rings is 1. The molecule has 142 valence electrons. The number of hydrogen-bond acceptors (Lipinski definition) is 5. The summed E-state index contributed by atoms with van der Waals surface area (Å²) < 4.78 is 10.8. The Kier molecular flexibility index (Phi) is 4.93. The first-order valence-corrected chi connectivity index (χ1v) is 9.18. The van der Waals surface area contributed by atoms with E-state index in [0.29, 0.717) is 24.1 Å². The minimum Gasteiger partial charge on any atom is -0.453 e. The highest BCUT2D eigenvalue weighted by atomic mass is 16.5. The van der Waals surface area contributed by atoms with Crippen LogP contribution in [0.4, 0.5) is 4.79 Å². The molecule has 0 radical (unpaired) electrons. The molecule has 0 fully saturated rings. The normalized spacial score (nSPS) is 20.2. The molecule has 2 heterocycles. The second kappa shape index (κ2) is 7.68. The molecule has 0 saturated heterocycles. The number of nitrogens with zero attached hydrogens (tertiary/aromatic N) is 2. The van der Waals surface area contributed by atoms with Crippen LogP contribution in [-0.2, 0) is 4.74 Å². The molecule has 1 aromatic carbocycles. The average molecular weight is 375 g/mol. The Morgan fingerprint density at radius 2 is 1.96 bits per heavy atom. The molecule has 2 aliphatic rings. The van der Waals surface area contributed by atoms with Gasteiger partial charge in [-0.15, -0.1) is 0 Å². The molecule has 2 aromatic rings. The number of amides is 1. The molecule has 1 aliphatic heterocycles. The highest BCUT2D eigenvalue weighted by Crippen LogP contribution is 2.35. The van der Waals surface area contributed by atoms with Gasteiger partial charge in [0.25, 0.3) is 0 Å². The molecule has 1 aliphatic carbocycles. The number of oxazole rings is 1. The van der Waals surface area contributed by atoms with Crippen LogP contribution in [0.2, 0.25) is 0 Å². The lowest BCUT2D eigenvalue weighted by Crippen LogP contribution is -2.27. The number of alkyl carbamates (subject to hydrolysis) is 1. The summed E-state index contributed by atoms with van der Waals surface area (Å²) in [5.74, 6) is 1.72. The smallest absolute Gasteiger partial charge is 0.407 e. The number of aliphatic imine (C=N–C) groups is 1. The van der Waals surface area contributed by atoms with Crippen LogP contribution in [0.15, 0.2) is 75.8 Å². The van der Waals surface area contributed by atoms with E-state index < -0.39 is 6.09 Å². The number of carbonyl (C=O) groups is 1. The molecule has 2 unspecified atom stereocenters. The SMILES string of the molecule is COC(=O)NCC1=CC(c2oc(C3C=CC=CC3C)nc2-c2ccccc2)=N1. The Morgan fingerprint density at radius 1 is 1.21 bits per heavy atom. The van der Waals surface area contributed by atoms with E-state index in [9.17, 15) is 4.79 Å². The van der Waals surface area contributed by atoms with Crippen LogP contribution in [-0.4, -0.2) is 30.4 Å². The zero-order valence-corrected chi connectivity index (χ0v) is 15.8. The molecule has 0 saturated carbocycles. The van der Waals surface area contributed by atoms with Gasteiger partial charge < -0.3 is 14.5 Å². The number of ether oxygens (including phenoxy) is 1. The van der Waals surface area contributed by atoms with Crippen molar-refractivity contribution in [1.82, 2.24) is 10.3 Å². The summed E-state index contributed by atoms with van der Waals surface area (Å²) in [6, 6.07) is 9.94. The van der Waals surface area contributed by atoms with Crippen LogP contribution >= 0.6 is 0 Å². The van der Waals surface area contributed by atoms with Crippen LogP contribution in [0.1, 0.15) is 24.5 Å². The van der Waals surface area contributed by atoms with Gasteiger partial charge in [-0.25, -0.2) is 14.8 Å². The topological polar surface area (TPSA) is 76.7 Å². The quantitative estimate of drug-likeness (QED) is 0.848. The van der Waals surface area contributed by atoms with Crippen molar-refractivity contribution in [3.8, 4) is 11.3 Å². The maximum absolute atomic E-state index is 11.2. The zero-order valence-electron chi connectivity index (χ0n) is 15.8. The van der Waals surface area contributed by atoms with Gasteiger partial charge in [0.2, 0.25) is 5.89 Å². The molecule has 1 N–H and O–H groups in total. The second-order valence-corrected chi connectivity index (χ2v) is 6.73. The summed E-state index contributed by atoms with van der Waals surface area (Å²) in [6.07, 6.45) is 9.74. The fourth-order valence-corrected chi connectivity index (χ4v) is 3.22. The predicted octanol–water partition coefficient (Wildman–Crippen LogP) is 4.23.